The van der Waals surface area contributed by atoms with Crippen LogP contribution in [-0.2, 0) is 6.18 Å². The van der Waals surface area contributed by atoms with Crippen LogP contribution < -0.4 is 11.1 Å². The molecular weight excluding hydrogens is 693 g/mol. The number of alkyl halides is 6. The van der Waals surface area contributed by atoms with Crippen LogP contribution in [0.3, 0.4) is 0 Å². The Kier molecular flexibility index (Phi) is 18.7. The zero-order valence-corrected chi connectivity index (χ0v) is 25.0. The summed E-state index contributed by atoms with van der Waals surface area (Å²) in [4.78, 5) is 3.30. The average molecular weight is 726 g/mol. The van der Waals surface area contributed by atoms with Gasteiger partial charge in [0.15, 0.2) is 0 Å². The Hall–Kier alpha value is -1.16. The van der Waals surface area contributed by atoms with Crippen molar-refractivity contribution in [1.29, 1.82) is 0 Å². The van der Waals surface area contributed by atoms with E-state index in [1.807, 2.05) is 33.8 Å². The van der Waals surface area contributed by atoms with Crippen molar-refractivity contribution in [2.24, 2.45) is 5.92 Å². The Bertz CT molecular complexity index is 821. The first-order valence-corrected chi connectivity index (χ1v) is 18.2. The van der Waals surface area contributed by atoms with Crippen molar-refractivity contribution >= 4 is 43.3 Å². The Morgan fingerprint density at radius 1 is 1.11 bits per heavy atom. The van der Waals surface area contributed by atoms with Crippen LogP contribution in [0, 0.1) is 5.92 Å². The first-order valence-electron chi connectivity index (χ1n) is 10.8. The zero-order valence-electron chi connectivity index (χ0n) is 20.3. The number of nitrogen functional groups attached to an aromatic ring is 1. The Morgan fingerprint density at radius 2 is 1.69 bits per heavy atom. The molecule has 1 fully saturated rings. The Labute approximate surface area is 228 Å². The SMILES string of the molecule is C=C(/C=C1/CCCCN1)/C(=C/C(=C)C(F)(F)F)C(C)C.CC.Nc1ccc(C(F)(F)F)cn1.[Sb][I]. The number of piperidine rings is 1. The summed E-state index contributed by atoms with van der Waals surface area (Å²) in [5, 5.41) is 3.26. The molecule has 0 atom stereocenters. The van der Waals surface area contributed by atoms with Crippen LogP contribution in [0.4, 0.5) is 32.2 Å². The summed E-state index contributed by atoms with van der Waals surface area (Å²) < 4.78 is 73.3. The van der Waals surface area contributed by atoms with Crippen molar-refractivity contribution < 1.29 is 26.3 Å². The van der Waals surface area contributed by atoms with Crippen LogP contribution >= 0.6 is 18.5 Å². The van der Waals surface area contributed by atoms with E-state index in [4.69, 9.17) is 5.73 Å². The number of nitrogens with zero attached hydrogens (tertiary/aromatic N) is 1. The third kappa shape index (κ3) is 15.5. The first kappa shape index (κ1) is 36.0. The van der Waals surface area contributed by atoms with Gasteiger partial charge in [-0.3, -0.25) is 0 Å². The number of hydrogen-bond acceptors (Lipinski definition) is 3. The number of pyridine rings is 1. The second-order valence-electron chi connectivity index (χ2n) is 7.33. The quantitative estimate of drug-likeness (QED) is 0.143. The molecule has 3 N–H and O–H groups in total. The van der Waals surface area contributed by atoms with E-state index in [1.165, 1.54) is 0 Å². The molecule has 0 saturated carbocycles. The Morgan fingerprint density at radius 3 is 2.06 bits per heavy atom. The molecule has 1 aliphatic heterocycles. The maximum absolute atomic E-state index is 12.6. The maximum atomic E-state index is 12.6. The molecule has 1 aromatic rings. The van der Waals surface area contributed by atoms with Crippen molar-refractivity contribution in [3.8, 4) is 0 Å². The monoisotopic (exact) mass is 725 g/mol. The predicted octanol–water partition coefficient (Wildman–Crippen LogP) is 8.11. The standard InChI is InChI=1S/C16H22F3N.C6H5F3N2.C2H6.HI.Sb/c1-11(2)15(10-13(4)16(17,18)19)12(3)9-14-7-5-6-8-20-14;7-6(8,9)4-1-2-5(10)11-3-4;1-2;;/h9-11,20H,3-8H2,1-2H3;1-3H,(H2,10,11);1-2H3;1H;/q;;;;+1/p-1/b14-9-,15-10+;;;;. The molecule has 0 unspecified atom stereocenters. The average Bonchev–Trinajstić information content (AvgIpc) is 2.80. The fraction of sp³-hybridized carbons (Fsp3) is 0.458. The molecular formula is C24H33F6IN3Sb. The van der Waals surface area contributed by atoms with E-state index >= 15 is 0 Å². The summed E-state index contributed by atoms with van der Waals surface area (Å²) in [5.74, 6) is 0.0417. The van der Waals surface area contributed by atoms with Crippen molar-refractivity contribution in [2.45, 2.75) is 59.3 Å². The van der Waals surface area contributed by atoms with Gasteiger partial charge in [0.05, 0.1) is 5.56 Å². The van der Waals surface area contributed by atoms with Crippen molar-refractivity contribution in [3.63, 3.8) is 0 Å². The van der Waals surface area contributed by atoms with E-state index in [1.54, 1.807) is 19.0 Å². The molecule has 0 amide bonds. The molecule has 2 rings (SSSR count). The molecule has 0 bridgehead atoms. The fourth-order valence-corrected chi connectivity index (χ4v) is 2.67. The van der Waals surface area contributed by atoms with Gasteiger partial charge in [-0.25, -0.2) is 4.98 Å². The number of aromatic nitrogens is 1. The zero-order chi connectivity index (χ0) is 27.8. The number of rotatable bonds is 4. The second-order valence-corrected chi connectivity index (χ2v) is 7.33. The van der Waals surface area contributed by atoms with Gasteiger partial charge in [0.2, 0.25) is 0 Å². The molecule has 1 saturated heterocycles. The molecule has 2 heterocycles. The van der Waals surface area contributed by atoms with Crippen LogP contribution in [0.5, 0.6) is 0 Å². The summed E-state index contributed by atoms with van der Waals surface area (Å²) in [6, 6.07) is 2.01. The van der Waals surface area contributed by atoms with Crippen molar-refractivity contribution in [3.05, 3.63) is 71.6 Å². The minimum absolute atomic E-state index is 0.0398. The van der Waals surface area contributed by atoms with Gasteiger partial charge in [-0.2, -0.15) is 26.3 Å². The summed E-state index contributed by atoms with van der Waals surface area (Å²) in [5.41, 5.74) is 5.71. The summed E-state index contributed by atoms with van der Waals surface area (Å²) in [6.07, 6.45) is -1.91. The molecule has 2 radical (unpaired) electrons. The number of allylic oxidation sites excluding steroid dienone is 6. The molecule has 35 heavy (non-hydrogen) atoms. The van der Waals surface area contributed by atoms with Gasteiger partial charge < -0.3 is 11.1 Å². The van der Waals surface area contributed by atoms with Crippen molar-refractivity contribution in [1.82, 2.24) is 10.3 Å². The van der Waals surface area contributed by atoms with Crippen LogP contribution in [0.1, 0.15) is 52.5 Å². The summed E-state index contributed by atoms with van der Waals surface area (Å²) >= 11 is 3.92. The van der Waals surface area contributed by atoms with E-state index in [9.17, 15) is 26.3 Å². The van der Waals surface area contributed by atoms with Gasteiger partial charge >= 0.3 is 49.9 Å². The molecule has 198 valence electrons. The minimum atomic E-state index is -4.39. The molecule has 0 spiro atoms. The third-order valence-electron chi connectivity index (χ3n) is 4.37. The number of hydrogen-bond donors (Lipinski definition) is 2. The fourth-order valence-electron chi connectivity index (χ4n) is 2.67. The van der Waals surface area contributed by atoms with Crippen molar-refractivity contribution in [2.75, 3.05) is 12.3 Å². The third-order valence-corrected chi connectivity index (χ3v) is 4.37. The number of anilines is 1. The van der Waals surface area contributed by atoms with Crippen LogP contribution in [-0.4, -0.2) is 36.7 Å². The van der Waals surface area contributed by atoms with Crippen LogP contribution in [0.25, 0.3) is 0 Å². The molecule has 0 aliphatic carbocycles. The summed E-state index contributed by atoms with van der Waals surface area (Å²) in [7, 11) is 0. The topological polar surface area (TPSA) is 50.9 Å². The number of halogens is 7. The van der Waals surface area contributed by atoms with Gasteiger partial charge in [0.25, 0.3) is 0 Å². The van der Waals surface area contributed by atoms with Gasteiger partial charge in [-0.05, 0) is 60.6 Å². The van der Waals surface area contributed by atoms with Gasteiger partial charge in [0, 0.05) is 24.0 Å². The molecule has 1 aromatic heterocycles. The molecule has 0 aromatic carbocycles. The molecule has 1 aliphatic rings. The predicted molar refractivity (Wildman–Crippen MR) is 142 cm³/mol. The van der Waals surface area contributed by atoms with Gasteiger partial charge in [-0.15, -0.1) is 0 Å². The van der Waals surface area contributed by atoms with E-state index in [2.05, 4.69) is 42.0 Å². The number of nitrogens with one attached hydrogen (secondary N) is 1. The van der Waals surface area contributed by atoms with Gasteiger partial charge in [-0.1, -0.05) is 40.9 Å². The van der Waals surface area contributed by atoms with E-state index in [0.717, 1.165) is 49.7 Å². The first-order chi connectivity index (χ1) is 16.2. The number of nitrogens with two attached hydrogens (primary N) is 1. The summed E-state index contributed by atoms with van der Waals surface area (Å²) in [6.45, 7) is 15.6. The molecule has 3 nitrogen and oxygen atoms in total. The van der Waals surface area contributed by atoms with E-state index < -0.39 is 23.5 Å². The Balaban J connectivity index is 0. The molecule has 11 heteroatoms. The van der Waals surface area contributed by atoms with E-state index in [-0.39, 0.29) is 11.7 Å². The van der Waals surface area contributed by atoms with Crippen LogP contribution in [0.15, 0.2) is 66.1 Å². The second kappa shape index (κ2) is 18.1. The normalized spacial score (nSPS) is 14.9. The van der Waals surface area contributed by atoms with E-state index in [0.29, 0.717) is 17.3 Å². The van der Waals surface area contributed by atoms with Gasteiger partial charge in [0.1, 0.15) is 5.82 Å². The van der Waals surface area contributed by atoms with Crippen LogP contribution in [0.2, 0.25) is 0 Å².